The van der Waals surface area contributed by atoms with Gasteiger partial charge in [-0.3, -0.25) is 9.59 Å². The second kappa shape index (κ2) is 7.83. The van der Waals surface area contributed by atoms with E-state index < -0.39 is 17.9 Å². The first-order valence-corrected chi connectivity index (χ1v) is 8.82. The van der Waals surface area contributed by atoms with Crippen molar-refractivity contribution in [3.63, 3.8) is 0 Å². The van der Waals surface area contributed by atoms with Crippen molar-refractivity contribution < 1.29 is 9.59 Å². The molecule has 0 saturated heterocycles. The lowest BCUT2D eigenvalue weighted by molar-refractivity contribution is -0.118. The first-order chi connectivity index (χ1) is 12.9. The van der Waals surface area contributed by atoms with Crippen LogP contribution in [0.1, 0.15) is 27.8 Å². The van der Waals surface area contributed by atoms with Crippen LogP contribution in [0.5, 0.6) is 0 Å². The maximum atomic E-state index is 11.9. The van der Waals surface area contributed by atoms with Gasteiger partial charge in [-0.1, -0.05) is 30.3 Å². The van der Waals surface area contributed by atoms with E-state index in [1.165, 1.54) is 17.7 Å². The molecule has 138 valence electrons. The summed E-state index contributed by atoms with van der Waals surface area (Å²) in [6, 6.07) is 11.8. The first-order valence-electron chi connectivity index (χ1n) is 8.05. The Balaban J connectivity index is 1.92. The molecule has 3 rings (SSSR count). The Morgan fingerprint density at radius 3 is 2.48 bits per heavy atom. The van der Waals surface area contributed by atoms with E-state index in [0.717, 1.165) is 16.3 Å². The average Bonchev–Trinajstić information content (AvgIpc) is 3.05. The lowest BCUT2D eigenvalue weighted by Crippen LogP contribution is -2.28. The molecule has 0 spiro atoms. The van der Waals surface area contributed by atoms with Crippen LogP contribution in [0.2, 0.25) is 0 Å². The number of hydrogen-bond donors (Lipinski definition) is 4. The maximum absolute atomic E-state index is 11.9. The standard InChI is InChI=1S/C18H18N6O2S/c1-10-7-14(27-24-10)23-13-8-12(9-21-16(13)18(20)26)22-15(17(19)25)11-5-3-2-4-6-11/h2-9,15,22-23H,1H3,(H2,19,25)(H2,20,26)/t15-/m1/s1. The Morgan fingerprint density at radius 2 is 1.89 bits per heavy atom. The third kappa shape index (κ3) is 4.39. The largest absolute Gasteiger partial charge is 0.369 e. The Bertz CT molecular complexity index is 973. The van der Waals surface area contributed by atoms with Crippen molar-refractivity contribution in [2.45, 2.75) is 13.0 Å². The molecule has 2 heterocycles. The Morgan fingerprint density at radius 1 is 1.15 bits per heavy atom. The number of rotatable bonds is 7. The van der Waals surface area contributed by atoms with E-state index in [1.807, 2.05) is 31.2 Å². The number of aromatic nitrogens is 2. The summed E-state index contributed by atoms with van der Waals surface area (Å²) in [7, 11) is 0. The van der Waals surface area contributed by atoms with E-state index >= 15 is 0 Å². The molecule has 0 saturated carbocycles. The van der Waals surface area contributed by atoms with E-state index in [2.05, 4.69) is 20.0 Å². The number of nitrogens with one attached hydrogen (secondary N) is 2. The predicted molar refractivity (Wildman–Crippen MR) is 105 cm³/mol. The fraction of sp³-hybridized carbons (Fsp3) is 0.111. The van der Waals surface area contributed by atoms with Crippen LogP contribution in [0, 0.1) is 6.92 Å². The van der Waals surface area contributed by atoms with Crippen LogP contribution in [0.4, 0.5) is 16.4 Å². The highest BCUT2D eigenvalue weighted by Crippen LogP contribution is 2.27. The average molecular weight is 382 g/mol. The van der Waals surface area contributed by atoms with Gasteiger partial charge in [0.2, 0.25) is 5.91 Å². The zero-order valence-electron chi connectivity index (χ0n) is 14.5. The number of carbonyl (C=O) groups excluding carboxylic acids is 2. The number of benzene rings is 1. The van der Waals surface area contributed by atoms with Crippen molar-refractivity contribution in [2.75, 3.05) is 10.6 Å². The molecule has 2 amide bonds. The number of hydrogen-bond acceptors (Lipinski definition) is 7. The molecule has 0 radical (unpaired) electrons. The quantitative estimate of drug-likeness (QED) is 0.495. The molecule has 3 aromatic rings. The normalized spacial score (nSPS) is 11.6. The number of carbonyl (C=O) groups is 2. The van der Waals surface area contributed by atoms with Crippen LogP contribution in [0.15, 0.2) is 48.7 Å². The van der Waals surface area contributed by atoms with Gasteiger partial charge in [-0.2, -0.15) is 4.37 Å². The molecule has 27 heavy (non-hydrogen) atoms. The van der Waals surface area contributed by atoms with E-state index in [0.29, 0.717) is 11.4 Å². The van der Waals surface area contributed by atoms with Gasteiger partial charge in [0.15, 0.2) is 5.69 Å². The maximum Gasteiger partial charge on any atom is 0.269 e. The second-order valence-electron chi connectivity index (χ2n) is 5.83. The van der Waals surface area contributed by atoms with Crippen molar-refractivity contribution in [1.29, 1.82) is 0 Å². The SMILES string of the molecule is Cc1cc(Nc2cc(N[C@@H](C(N)=O)c3ccccc3)cnc2C(N)=O)sn1. The number of anilines is 3. The van der Waals surface area contributed by atoms with Crippen molar-refractivity contribution in [3.05, 3.63) is 65.6 Å². The molecule has 0 aliphatic carbocycles. The molecule has 6 N–H and O–H groups in total. The topological polar surface area (TPSA) is 136 Å². The van der Waals surface area contributed by atoms with Crippen molar-refractivity contribution in [2.24, 2.45) is 11.5 Å². The molecule has 1 aromatic carbocycles. The van der Waals surface area contributed by atoms with Gasteiger partial charge in [-0.15, -0.1) is 0 Å². The van der Waals surface area contributed by atoms with Crippen molar-refractivity contribution >= 4 is 39.7 Å². The number of primary amides is 2. The summed E-state index contributed by atoms with van der Waals surface area (Å²) in [6.07, 6.45) is 1.43. The zero-order valence-corrected chi connectivity index (χ0v) is 15.3. The van der Waals surface area contributed by atoms with Crippen molar-refractivity contribution in [3.8, 4) is 0 Å². The summed E-state index contributed by atoms with van der Waals surface area (Å²) >= 11 is 1.25. The number of aryl methyl sites for hydroxylation is 1. The lowest BCUT2D eigenvalue weighted by atomic mass is 10.1. The van der Waals surface area contributed by atoms with Crippen LogP contribution >= 0.6 is 11.5 Å². The monoisotopic (exact) mass is 382 g/mol. The third-order valence-electron chi connectivity index (χ3n) is 3.74. The smallest absolute Gasteiger partial charge is 0.269 e. The van der Waals surface area contributed by atoms with E-state index in [-0.39, 0.29) is 5.69 Å². The highest BCUT2D eigenvalue weighted by Gasteiger charge is 2.19. The second-order valence-corrected chi connectivity index (χ2v) is 6.64. The van der Waals surface area contributed by atoms with Gasteiger partial charge in [0.05, 0.1) is 23.3 Å². The number of nitrogens with zero attached hydrogens (tertiary/aromatic N) is 2. The minimum atomic E-state index is -0.745. The molecular formula is C18H18N6O2S. The fourth-order valence-electron chi connectivity index (χ4n) is 2.52. The molecule has 8 nitrogen and oxygen atoms in total. The Kier molecular flexibility index (Phi) is 5.32. The molecule has 0 aliphatic rings. The molecule has 0 unspecified atom stereocenters. The molecule has 0 aliphatic heterocycles. The van der Waals surface area contributed by atoms with Crippen LogP contribution in [0.25, 0.3) is 0 Å². The summed E-state index contributed by atoms with van der Waals surface area (Å²) in [5.74, 6) is -1.20. The third-order valence-corrected chi connectivity index (χ3v) is 4.53. The van der Waals surface area contributed by atoms with Gasteiger partial charge in [0.25, 0.3) is 5.91 Å². The van der Waals surface area contributed by atoms with E-state index in [9.17, 15) is 9.59 Å². The van der Waals surface area contributed by atoms with E-state index in [4.69, 9.17) is 11.5 Å². The van der Waals surface area contributed by atoms with E-state index in [1.54, 1.807) is 18.2 Å². The highest BCUT2D eigenvalue weighted by atomic mass is 32.1. The predicted octanol–water partition coefficient (Wildman–Crippen LogP) is 2.33. The summed E-state index contributed by atoms with van der Waals surface area (Å²) in [6.45, 7) is 1.87. The number of amides is 2. The first kappa shape index (κ1) is 18.3. The summed E-state index contributed by atoms with van der Waals surface area (Å²) in [4.78, 5) is 27.7. The van der Waals surface area contributed by atoms with Crippen molar-refractivity contribution in [1.82, 2.24) is 9.36 Å². The van der Waals surface area contributed by atoms with Crippen LogP contribution in [-0.4, -0.2) is 21.2 Å². The van der Waals surface area contributed by atoms with Gasteiger partial charge in [-0.05, 0) is 36.2 Å². The molecule has 1 atom stereocenters. The van der Waals surface area contributed by atoms with Gasteiger partial charge >= 0.3 is 0 Å². The number of pyridine rings is 1. The minimum absolute atomic E-state index is 0.0851. The van der Waals surface area contributed by atoms with Gasteiger partial charge in [-0.25, -0.2) is 4.98 Å². The zero-order chi connectivity index (χ0) is 19.4. The molecule has 2 aromatic heterocycles. The summed E-state index contributed by atoms with van der Waals surface area (Å²) in [5, 5.41) is 6.88. The van der Waals surface area contributed by atoms with Crippen LogP contribution in [-0.2, 0) is 4.79 Å². The Labute approximate surface area is 159 Å². The summed E-state index contributed by atoms with van der Waals surface area (Å²) < 4.78 is 4.19. The minimum Gasteiger partial charge on any atom is -0.369 e. The fourth-order valence-corrected chi connectivity index (χ4v) is 3.20. The molecule has 9 heteroatoms. The summed E-state index contributed by atoms with van der Waals surface area (Å²) in [5.41, 5.74) is 13.5. The molecule has 0 fully saturated rings. The molecule has 0 bridgehead atoms. The van der Waals surface area contributed by atoms with Crippen LogP contribution < -0.4 is 22.1 Å². The van der Waals surface area contributed by atoms with Gasteiger partial charge in [0.1, 0.15) is 11.0 Å². The molecular weight excluding hydrogens is 364 g/mol. The lowest BCUT2D eigenvalue weighted by Gasteiger charge is -2.18. The number of nitrogens with two attached hydrogens (primary N) is 2. The van der Waals surface area contributed by atoms with Crippen LogP contribution in [0.3, 0.4) is 0 Å². The van der Waals surface area contributed by atoms with Gasteiger partial charge < -0.3 is 22.1 Å². The Hall–Kier alpha value is -3.46. The highest BCUT2D eigenvalue weighted by molar-refractivity contribution is 7.10. The van der Waals surface area contributed by atoms with Gasteiger partial charge in [0, 0.05) is 0 Å².